The van der Waals surface area contributed by atoms with Gasteiger partial charge in [0.2, 0.25) is 5.91 Å². The molecule has 0 saturated heterocycles. The highest BCUT2D eigenvalue weighted by Gasteiger charge is 2.24. The third-order valence-corrected chi connectivity index (χ3v) is 2.49. The van der Waals surface area contributed by atoms with Crippen LogP contribution in [0.1, 0.15) is 26.2 Å². The molecule has 0 aromatic rings. The van der Waals surface area contributed by atoms with Gasteiger partial charge in [0.1, 0.15) is 0 Å². The highest BCUT2D eigenvalue weighted by atomic mass is 16.3. The van der Waals surface area contributed by atoms with Crippen LogP contribution in [-0.2, 0) is 4.79 Å². The van der Waals surface area contributed by atoms with Gasteiger partial charge in [-0.2, -0.15) is 0 Å². The Morgan fingerprint density at radius 3 is 2.59 bits per heavy atom. The maximum Gasteiger partial charge on any atom is 0.321 e. The molecule has 0 unspecified atom stereocenters. The molecule has 6 nitrogen and oxygen atoms in total. The van der Waals surface area contributed by atoms with E-state index in [9.17, 15) is 9.59 Å². The Kier molecular flexibility index (Phi) is 5.93. The summed E-state index contributed by atoms with van der Waals surface area (Å²) in [4.78, 5) is 24.6. The van der Waals surface area contributed by atoms with E-state index in [2.05, 4.69) is 10.6 Å². The Morgan fingerprint density at radius 2 is 2.06 bits per heavy atom. The molecule has 1 saturated carbocycles. The minimum absolute atomic E-state index is 0.0154. The van der Waals surface area contributed by atoms with Crippen LogP contribution in [0.3, 0.4) is 0 Å². The molecular formula is C11H21N3O3. The van der Waals surface area contributed by atoms with Crippen molar-refractivity contribution in [2.45, 2.75) is 32.2 Å². The van der Waals surface area contributed by atoms with E-state index in [4.69, 9.17) is 5.11 Å². The molecule has 1 rings (SSSR count). The lowest BCUT2D eigenvalue weighted by molar-refractivity contribution is -0.121. The van der Waals surface area contributed by atoms with Crippen LogP contribution in [0.25, 0.3) is 0 Å². The first-order valence-electron chi connectivity index (χ1n) is 6.09. The number of urea groups is 1. The number of hydrogen-bond acceptors (Lipinski definition) is 4. The minimum atomic E-state index is -0.419. The van der Waals surface area contributed by atoms with Crippen molar-refractivity contribution in [1.29, 1.82) is 0 Å². The lowest BCUT2D eigenvalue weighted by Crippen LogP contribution is -2.45. The Balaban J connectivity index is 2.22. The van der Waals surface area contributed by atoms with Gasteiger partial charge in [0, 0.05) is 12.6 Å². The lowest BCUT2D eigenvalue weighted by atomic mass is 10.4. The van der Waals surface area contributed by atoms with E-state index < -0.39 is 6.03 Å². The molecule has 1 aliphatic rings. The van der Waals surface area contributed by atoms with Crippen molar-refractivity contribution in [2.24, 2.45) is 0 Å². The van der Waals surface area contributed by atoms with E-state index in [1.807, 2.05) is 11.8 Å². The van der Waals surface area contributed by atoms with Crippen molar-refractivity contribution in [1.82, 2.24) is 15.5 Å². The van der Waals surface area contributed by atoms with Crippen LogP contribution in [0.2, 0.25) is 0 Å². The second kappa shape index (κ2) is 7.24. The fourth-order valence-electron chi connectivity index (χ4n) is 1.55. The maximum absolute atomic E-state index is 11.5. The van der Waals surface area contributed by atoms with Crippen LogP contribution in [0, 0.1) is 0 Å². The Labute approximate surface area is 101 Å². The van der Waals surface area contributed by atoms with E-state index >= 15 is 0 Å². The van der Waals surface area contributed by atoms with E-state index in [1.165, 1.54) is 0 Å². The summed E-state index contributed by atoms with van der Waals surface area (Å²) in [6.45, 7) is 3.35. The largest absolute Gasteiger partial charge is 0.395 e. The molecule has 3 amide bonds. The maximum atomic E-state index is 11.5. The second-order valence-electron chi connectivity index (χ2n) is 4.30. The number of imide groups is 1. The number of aliphatic hydroxyl groups excluding tert-OH is 1. The van der Waals surface area contributed by atoms with Gasteiger partial charge >= 0.3 is 6.03 Å². The van der Waals surface area contributed by atoms with Gasteiger partial charge in [-0.05, 0) is 25.8 Å². The van der Waals surface area contributed by atoms with E-state index in [1.54, 1.807) is 0 Å². The highest BCUT2D eigenvalue weighted by Crippen LogP contribution is 2.18. The van der Waals surface area contributed by atoms with E-state index in [0.717, 1.165) is 25.8 Å². The van der Waals surface area contributed by atoms with Crippen molar-refractivity contribution in [2.75, 3.05) is 26.2 Å². The van der Waals surface area contributed by atoms with Gasteiger partial charge in [-0.1, -0.05) is 6.92 Å². The zero-order valence-electron chi connectivity index (χ0n) is 10.2. The predicted molar refractivity (Wildman–Crippen MR) is 63.5 cm³/mol. The first-order valence-corrected chi connectivity index (χ1v) is 6.09. The van der Waals surface area contributed by atoms with Gasteiger partial charge in [-0.3, -0.25) is 15.0 Å². The van der Waals surface area contributed by atoms with Gasteiger partial charge in [0.05, 0.1) is 13.2 Å². The number of hydrogen-bond donors (Lipinski definition) is 3. The molecule has 0 heterocycles. The van der Waals surface area contributed by atoms with Gasteiger partial charge < -0.3 is 10.4 Å². The molecule has 0 aromatic carbocycles. The number of nitrogens with one attached hydrogen (secondary N) is 2. The quantitative estimate of drug-likeness (QED) is 0.572. The van der Waals surface area contributed by atoms with Crippen LogP contribution < -0.4 is 10.6 Å². The van der Waals surface area contributed by atoms with Crippen LogP contribution in [0.5, 0.6) is 0 Å². The number of carbonyl (C=O) groups is 2. The van der Waals surface area contributed by atoms with Crippen LogP contribution in [-0.4, -0.2) is 54.2 Å². The topological polar surface area (TPSA) is 81.7 Å². The molecule has 0 bridgehead atoms. The van der Waals surface area contributed by atoms with Crippen molar-refractivity contribution in [3.05, 3.63) is 0 Å². The van der Waals surface area contributed by atoms with Crippen molar-refractivity contribution in [3.63, 3.8) is 0 Å². The summed E-state index contributed by atoms with van der Waals surface area (Å²) in [5, 5.41) is 13.8. The average Bonchev–Trinajstić information content (AvgIpc) is 3.01. The molecule has 0 atom stereocenters. The molecule has 1 fully saturated rings. The molecular weight excluding hydrogens is 222 g/mol. The van der Waals surface area contributed by atoms with Crippen molar-refractivity contribution in [3.8, 4) is 0 Å². The zero-order chi connectivity index (χ0) is 12.7. The van der Waals surface area contributed by atoms with Crippen molar-refractivity contribution < 1.29 is 14.7 Å². The molecule has 6 heteroatoms. The highest BCUT2D eigenvalue weighted by molar-refractivity contribution is 5.95. The van der Waals surface area contributed by atoms with Gasteiger partial charge in [0.15, 0.2) is 0 Å². The van der Waals surface area contributed by atoms with Gasteiger partial charge in [0.25, 0.3) is 0 Å². The van der Waals surface area contributed by atoms with Crippen molar-refractivity contribution >= 4 is 11.9 Å². The molecule has 0 radical (unpaired) electrons. The third-order valence-electron chi connectivity index (χ3n) is 2.49. The Bertz CT molecular complexity index is 261. The molecule has 3 N–H and O–H groups in total. The number of aliphatic hydroxyl groups is 1. The smallest absolute Gasteiger partial charge is 0.321 e. The number of amides is 3. The normalized spacial score (nSPS) is 14.8. The molecule has 0 aromatic heterocycles. The van der Waals surface area contributed by atoms with Gasteiger partial charge in [-0.15, -0.1) is 0 Å². The standard InChI is InChI=1S/C11H21N3O3/c1-2-5-14(6-7-15)8-10(16)13-11(17)12-9-3-4-9/h9,15H,2-8H2,1H3,(H2,12,13,16,17). The zero-order valence-corrected chi connectivity index (χ0v) is 10.2. The summed E-state index contributed by atoms with van der Waals surface area (Å²) in [5.41, 5.74) is 0. The summed E-state index contributed by atoms with van der Waals surface area (Å²) in [6.07, 6.45) is 2.89. The second-order valence-corrected chi connectivity index (χ2v) is 4.30. The molecule has 0 aliphatic heterocycles. The summed E-state index contributed by atoms with van der Waals surface area (Å²) in [6, 6.07) is -0.176. The summed E-state index contributed by atoms with van der Waals surface area (Å²) in [7, 11) is 0. The van der Waals surface area contributed by atoms with Crippen LogP contribution in [0.15, 0.2) is 0 Å². The monoisotopic (exact) mass is 243 g/mol. The lowest BCUT2D eigenvalue weighted by Gasteiger charge is -2.19. The first-order chi connectivity index (χ1) is 8.15. The molecule has 98 valence electrons. The van der Waals surface area contributed by atoms with Gasteiger partial charge in [-0.25, -0.2) is 4.79 Å². The Morgan fingerprint density at radius 1 is 1.35 bits per heavy atom. The molecule has 1 aliphatic carbocycles. The average molecular weight is 243 g/mol. The summed E-state index contributed by atoms with van der Waals surface area (Å²) < 4.78 is 0. The summed E-state index contributed by atoms with van der Waals surface area (Å²) in [5.74, 6) is -0.329. The minimum Gasteiger partial charge on any atom is -0.395 e. The summed E-state index contributed by atoms with van der Waals surface area (Å²) >= 11 is 0. The number of nitrogens with zero attached hydrogens (tertiary/aromatic N) is 1. The third kappa shape index (κ3) is 6.23. The SMILES string of the molecule is CCCN(CCO)CC(=O)NC(=O)NC1CC1. The number of rotatable bonds is 7. The fraction of sp³-hybridized carbons (Fsp3) is 0.818. The van der Waals surface area contributed by atoms with E-state index in [-0.39, 0.29) is 25.1 Å². The number of carbonyl (C=O) groups excluding carboxylic acids is 2. The van der Waals surface area contributed by atoms with Crippen LogP contribution in [0.4, 0.5) is 4.79 Å². The van der Waals surface area contributed by atoms with E-state index in [0.29, 0.717) is 6.54 Å². The molecule has 0 spiro atoms. The first kappa shape index (κ1) is 13.9. The Hall–Kier alpha value is -1.14. The predicted octanol–water partition coefficient (Wildman–Crippen LogP) is -0.321. The van der Waals surface area contributed by atoms with Crippen LogP contribution >= 0.6 is 0 Å². The molecule has 17 heavy (non-hydrogen) atoms. The fourth-order valence-corrected chi connectivity index (χ4v) is 1.55.